The molecule has 5 rings (SSSR count). The Kier molecular flexibility index (Phi) is 8.30. The number of amides is 1. The van der Waals surface area contributed by atoms with Gasteiger partial charge in [0.15, 0.2) is 23.1 Å². The van der Waals surface area contributed by atoms with E-state index in [9.17, 15) is 9.59 Å². The van der Waals surface area contributed by atoms with Gasteiger partial charge >= 0.3 is 0 Å². The van der Waals surface area contributed by atoms with Crippen LogP contribution in [0.2, 0.25) is 0 Å². The number of hydrogen-bond acceptors (Lipinski definition) is 9. The van der Waals surface area contributed by atoms with E-state index in [1.165, 1.54) is 39.7 Å². The lowest BCUT2D eigenvalue weighted by molar-refractivity contribution is 0.101. The van der Waals surface area contributed by atoms with Crippen LogP contribution in [0.5, 0.6) is 23.1 Å². The highest BCUT2D eigenvalue weighted by Gasteiger charge is 2.23. The maximum Gasteiger partial charge on any atom is 0.261 e. The summed E-state index contributed by atoms with van der Waals surface area (Å²) in [6.07, 6.45) is 3.09. The predicted molar refractivity (Wildman–Crippen MR) is 158 cm³/mol. The van der Waals surface area contributed by atoms with Gasteiger partial charge in [-0.3, -0.25) is 19.6 Å². The smallest absolute Gasteiger partial charge is 0.261 e. The first-order chi connectivity index (χ1) is 20.7. The van der Waals surface area contributed by atoms with Crippen LogP contribution in [0, 0.1) is 19.7 Å². The van der Waals surface area contributed by atoms with Gasteiger partial charge in [-0.05, 0) is 43.7 Å². The van der Waals surface area contributed by atoms with Crippen LogP contribution in [0.4, 0.5) is 10.1 Å². The normalized spacial score (nSPS) is 10.9. The van der Waals surface area contributed by atoms with Crippen molar-refractivity contribution in [2.24, 2.45) is 0 Å². The fourth-order valence-electron chi connectivity index (χ4n) is 4.69. The molecule has 0 aliphatic rings. The SMILES string of the molecule is COCc1[nH]c(C)c(-c2ccnc(C)c2)c(=O)c1C(=O)Nc1ccc(Oc2ccnc3cc(OC)c(OC)nc23)c(F)c1. The summed E-state index contributed by atoms with van der Waals surface area (Å²) < 4.78 is 36.9. The number of aromatic amines is 1. The Balaban J connectivity index is 1.45. The van der Waals surface area contributed by atoms with Gasteiger partial charge in [0.1, 0.15) is 11.1 Å². The molecule has 0 atom stereocenters. The van der Waals surface area contributed by atoms with Gasteiger partial charge in [0.25, 0.3) is 11.8 Å². The molecule has 12 heteroatoms. The number of pyridine rings is 4. The zero-order valence-corrected chi connectivity index (χ0v) is 24.1. The molecule has 0 spiro atoms. The molecule has 5 aromatic rings. The van der Waals surface area contributed by atoms with Crippen LogP contribution in [-0.2, 0) is 11.3 Å². The summed E-state index contributed by atoms with van der Waals surface area (Å²) >= 11 is 0. The molecule has 1 amide bonds. The van der Waals surface area contributed by atoms with E-state index in [0.717, 1.165) is 11.8 Å². The summed E-state index contributed by atoms with van der Waals surface area (Å²) in [4.78, 5) is 43.1. The Morgan fingerprint density at radius 2 is 1.74 bits per heavy atom. The van der Waals surface area contributed by atoms with Crippen molar-refractivity contribution < 1.29 is 28.1 Å². The fraction of sp³-hybridized carbons (Fsp3) is 0.194. The van der Waals surface area contributed by atoms with Gasteiger partial charge in [-0.1, -0.05) is 0 Å². The second-order valence-electron chi connectivity index (χ2n) is 9.50. The summed E-state index contributed by atoms with van der Waals surface area (Å²) in [5.74, 6) is -0.769. The number of halogens is 1. The number of fused-ring (bicyclic) bond motifs is 1. The molecule has 4 heterocycles. The van der Waals surface area contributed by atoms with Gasteiger partial charge in [0.2, 0.25) is 5.43 Å². The lowest BCUT2D eigenvalue weighted by atomic mass is 9.99. The van der Waals surface area contributed by atoms with Crippen molar-refractivity contribution >= 4 is 22.6 Å². The monoisotopic (exact) mass is 585 g/mol. The Bertz CT molecular complexity index is 1910. The largest absolute Gasteiger partial charge is 0.491 e. The first-order valence-corrected chi connectivity index (χ1v) is 13.1. The predicted octanol–water partition coefficient (Wildman–Crippen LogP) is 5.34. The minimum absolute atomic E-state index is 0.0137. The third-order valence-electron chi connectivity index (χ3n) is 6.60. The first kappa shape index (κ1) is 29.1. The average Bonchev–Trinajstić information content (AvgIpc) is 2.98. The lowest BCUT2D eigenvalue weighted by Crippen LogP contribution is -2.27. The van der Waals surface area contributed by atoms with Crippen molar-refractivity contribution in [3.63, 3.8) is 0 Å². The highest BCUT2D eigenvalue weighted by atomic mass is 19.1. The molecule has 0 saturated heterocycles. The minimum atomic E-state index is -0.758. The van der Waals surface area contributed by atoms with Gasteiger partial charge in [0, 0.05) is 60.3 Å². The second-order valence-corrected chi connectivity index (χ2v) is 9.50. The Morgan fingerprint density at radius 3 is 2.44 bits per heavy atom. The van der Waals surface area contributed by atoms with Crippen LogP contribution in [0.15, 0.2) is 59.7 Å². The quantitative estimate of drug-likeness (QED) is 0.235. The molecule has 0 fully saturated rings. The van der Waals surface area contributed by atoms with Crippen molar-refractivity contribution in [3.8, 4) is 34.3 Å². The number of methoxy groups -OCH3 is 3. The standard InChI is InChI=1S/C31H28FN5O6/c1-16-12-18(8-10-33-16)26-17(2)35-22(15-40-3)27(29(26)38)30(39)36-19-6-7-23(20(32)13-19)43-24-9-11-34-21-14-25(41-4)31(42-5)37-28(21)24/h6-14H,15H2,1-5H3,(H,35,38)(H,36,39). The van der Waals surface area contributed by atoms with Gasteiger partial charge < -0.3 is 29.2 Å². The molecule has 11 nitrogen and oxygen atoms in total. The number of aryl methyl sites for hydroxylation is 2. The third-order valence-corrected chi connectivity index (χ3v) is 6.60. The number of anilines is 1. The minimum Gasteiger partial charge on any atom is -0.491 e. The summed E-state index contributed by atoms with van der Waals surface area (Å²) in [7, 11) is 4.39. The molecule has 220 valence electrons. The molecular weight excluding hydrogens is 557 g/mol. The Labute approximate surface area is 245 Å². The number of nitrogens with one attached hydrogen (secondary N) is 2. The van der Waals surface area contributed by atoms with Crippen LogP contribution in [0.3, 0.4) is 0 Å². The molecule has 1 aromatic carbocycles. The Morgan fingerprint density at radius 1 is 0.953 bits per heavy atom. The number of carbonyl (C=O) groups is 1. The van der Waals surface area contributed by atoms with Crippen LogP contribution >= 0.6 is 0 Å². The molecule has 4 aromatic heterocycles. The molecular formula is C31H28FN5O6. The van der Waals surface area contributed by atoms with Gasteiger partial charge in [-0.15, -0.1) is 0 Å². The van der Waals surface area contributed by atoms with E-state index in [1.54, 1.807) is 37.4 Å². The van der Waals surface area contributed by atoms with Crippen molar-refractivity contribution in [2.45, 2.75) is 20.5 Å². The summed E-state index contributed by atoms with van der Waals surface area (Å²) in [6.45, 7) is 3.54. The fourth-order valence-corrected chi connectivity index (χ4v) is 4.69. The number of aromatic nitrogens is 4. The molecule has 0 aliphatic heterocycles. The molecule has 0 bridgehead atoms. The number of rotatable bonds is 9. The van der Waals surface area contributed by atoms with Crippen molar-refractivity contribution in [1.82, 2.24) is 19.9 Å². The molecule has 0 aliphatic carbocycles. The van der Waals surface area contributed by atoms with E-state index in [2.05, 4.69) is 25.3 Å². The van der Waals surface area contributed by atoms with Gasteiger partial charge in [0.05, 0.1) is 32.0 Å². The van der Waals surface area contributed by atoms with E-state index >= 15 is 4.39 Å². The maximum absolute atomic E-state index is 15.3. The van der Waals surface area contributed by atoms with Crippen molar-refractivity contribution in [3.05, 3.63) is 93.5 Å². The van der Waals surface area contributed by atoms with E-state index in [4.69, 9.17) is 18.9 Å². The molecule has 0 radical (unpaired) electrons. The van der Waals surface area contributed by atoms with Crippen molar-refractivity contribution in [1.29, 1.82) is 0 Å². The van der Waals surface area contributed by atoms with E-state index < -0.39 is 17.2 Å². The average molecular weight is 586 g/mol. The van der Waals surface area contributed by atoms with Crippen LogP contribution in [-0.4, -0.2) is 47.2 Å². The van der Waals surface area contributed by atoms with Crippen LogP contribution in [0.1, 0.15) is 27.4 Å². The zero-order chi connectivity index (χ0) is 30.7. The number of ether oxygens (including phenoxy) is 4. The summed E-state index contributed by atoms with van der Waals surface area (Å²) in [5.41, 5.74) is 2.80. The third kappa shape index (κ3) is 5.86. The maximum atomic E-state index is 15.3. The number of benzene rings is 1. The summed E-state index contributed by atoms with van der Waals surface area (Å²) in [5, 5.41) is 2.62. The van der Waals surface area contributed by atoms with Crippen molar-refractivity contribution in [2.75, 3.05) is 26.6 Å². The topological polar surface area (TPSA) is 138 Å². The van der Waals surface area contributed by atoms with Gasteiger partial charge in [-0.25, -0.2) is 9.37 Å². The summed E-state index contributed by atoms with van der Waals surface area (Å²) in [6, 6.07) is 10.6. The Hall–Kier alpha value is -5.36. The van der Waals surface area contributed by atoms with E-state index in [0.29, 0.717) is 39.3 Å². The second kappa shape index (κ2) is 12.2. The molecule has 0 unspecified atom stereocenters. The highest BCUT2D eigenvalue weighted by Crippen LogP contribution is 2.35. The number of hydrogen-bond donors (Lipinski definition) is 2. The van der Waals surface area contributed by atoms with E-state index in [-0.39, 0.29) is 35.2 Å². The van der Waals surface area contributed by atoms with Gasteiger partial charge in [-0.2, -0.15) is 0 Å². The lowest BCUT2D eigenvalue weighted by Gasteiger charge is -2.15. The van der Waals surface area contributed by atoms with E-state index in [1.807, 2.05) is 6.92 Å². The first-order valence-electron chi connectivity index (χ1n) is 13.1. The molecule has 43 heavy (non-hydrogen) atoms. The highest BCUT2D eigenvalue weighted by molar-refractivity contribution is 6.05. The van der Waals surface area contributed by atoms with Crippen LogP contribution in [0.25, 0.3) is 22.2 Å². The molecule has 0 saturated carbocycles. The zero-order valence-electron chi connectivity index (χ0n) is 24.1. The number of carbonyl (C=O) groups excluding carboxylic acids is 1. The number of nitrogens with zero attached hydrogens (tertiary/aromatic N) is 3. The number of H-pyrrole nitrogens is 1. The van der Waals surface area contributed by atoms with Crippen LogP contribution < -0.4 is 25.0 Å². The molecule has 2 N–H and O–H groups in total.